The first-order valence-corrected chi connectivity index (χ1v) is 9.27. The maximum absolute atomic E-state index is 5.69. The Hall–Kier alpha value is -1.24. The highest BCUT2D eigenvalue weighted by Gasteiger charge is 2.22. The number of aromatic nitrogens is 2. The number of nitrogens with zero attached hydrogens (tertiary/aromatic N) is 3. The Bertz CT molecular complexity index is 512. The molecule has 2 aliphatic rings. The monoisotopic (exact) mass is 334 g/mol. The summed E-state index contributed by atoms with van der Waals surface area (Å²) in [5, 5.41) is 3.64. The highest BCUT2D eigenvalue weighted by atomic mass is 16.6. The van der Waals surface area contributed by atoms with Gasteiger partial charge in [-0.15, -0.1) is 0 Å². The predicted octanol–water partition coefficient (Wildman–Crippen LogP) is 1.71. The summed E-state index contributed by atoms with van der Waals surface area (Å²) in [6.07, 6.45) is 4.52. The van der Waals surface area contributed by atoms with Crippen molar-refractivity contribution in [3.8, 4) is 0 Å². The van der Waals surface area contributed by atoms with Crippen LogP contribution in [0.1, 0.15) is 37.7 Å². The van der Waals surface area contributed by atoms with E-state index in [-0.39, 0.29) is 6.10 Å². The van der Waals surface area contributed by atoms with Gasteiger partial charge in [0.15, 0.2) is 0 Å². The summed E-state index contributed by atoms with van der Waals surface area (Å²) in [5.41, 5.74) is 1.07. The molecule has 1 aromatic rings. The van der Waals surface area contributed by atoms with Crippen LogP contribution in [0.15, 0.2) is 6.07 Å². The van der Waals surface area contributed by atoms with Gasteiger partial charge in [-0.2, -0.15) is 0 Å². The lowest BCUT2D eigenvalue weighted by Crippen LogP contribution is -2.47. The highest BCUT2D eigenvalue weighted by Crippen LogP contribution is 2.19. The summed E-state index contributed by atoms with van der Waals surface area (Å²) in [6, 6.07) is 2.67. The van der Waals surface area contributed by atoms with Crippen LogP contribution in [-0.4, -0.2) is 61.6 Å². The number of ether oxygens (including phenoxy) is 2. The lowest BCUT2D eigenvalue weighted by molar-refractivity contribution is -0.0872. The van der Waals surface area contributed by atoms with E-state index in [9.17, 15) is 0 Å². The second kappa shape index (κ2) is 8.74. The fourth-order valence-electron chi connectivity index (χ4n) is 3.37. The number of rotatable bonds is 6. The summed E-state index contributed by atoms with van der Waals surface area (Å²) >= 11 is 0. The van der Waals surface area contributed by atoms with Gasteiger partial charge in [-0.1, -0.05) is 6.92 Å². The van der Waals surface area contributed by atoms with Gasteiger partial charge >= 0.3 is 0 Å². The van der Waals surface area contributed by atoms with Crippen molar-refractivity contribution in [2.24, 2.45) is 0 Å². The van der Waals surface area contributed by atoms with Gasteiger partial charge in [0, 0.05) is 43.9 Å². The molecule has 1 atom stereocenters. The molecule has 0 amide bonds. The molecule has 0 radical (unpaired) electrons. The summed E-state index contributed by atoms with van der Waals surface area (Å²) in [6.45, 7) is 9.37. The molecule has 24 heavy (non-hydrogen) atoms. The van der Waals surface area contributed by atoms with E-state index in [1.54, 1.807) is 0 Å². The Morgan fingerprint density at radius 1 is 1.25 bits per heavy atom. The van der Waals surface area contributed by atoms with Gasteiger partial charge in [0.2, 0.25) is 0 Å². The molecule has 2 aliphatic heterocycles. The number of hydrogen-bond donors (Lipinski definition) is 1. The summed E-state index contributed by atoms with van der Waals surface area (Å²) in [5.74, 6) is 2.07. The molecule has 134 valence electrons. The molecule has 0 aromatic carbocycles. The van der Waals surface area contributed by atoms with Gasteiger partial charge in [-0.25, -0.2) is 9.97 Å². The number of aryl methyl sites for hydroxylation is 2. The summed E-state index contributed by atoms with van der Waals surface area (Å²) in [7, 11) is 0. The van der Waals surface area contributed by atoms with Gasteiger partial charge in [0.25, 0.3) is 0 Å². The van der Waals surface area contributed by atoms with E-state index in [1.807, 2.05) is 0 Å². The van der Waals surface area contributed by atoms with E-state index in [1.165, 1.54) is 0 Å². The predicted molar refractivity (Wildman–Crippen MR) is 94.6 cm³/mol. The number of hydrogen-bond acceptors (Lipinski definition) is 6. The van der Waals surface area contributed by atoms with Crippen LogP contribution in [0.3, 0.4) is 0 Å². The minimum atomic E-state index is 0.206. The maximum atomic E-state index is 5.69. The quantitative estimate of drug-likeness (QED) is 0.855. The van der Waals surface area contributed by atoms with Crippen molar-refractivity contribution in [1.82, 2.24) is 15.3 Å². The largest absolute Gasteiger partial charge is 0.376 e. The van der Waals surface area contributed by atoms with Crippen LogP contribution in [0.5, 0.6) is 0 Å². The van der Waals surface area contributed by atoms with E-state index in [0.717, 1.165) is 75.9 Å². The minimum absolute atomic E-state index is 0.206. The average molecular weight is 334 g/mol. The first-order chi connectivity index (χ1) is 11.7. The van der Waals surface area contributed by atoms with Crippen molar-refractivity contribution < 1.29 is 9.47 Å². The fraction of sp³-hybridized carbons (Fsp3) is 0.778. The molecule has 1 aromatic heterocycles. The Morgan fingerprint density at radius 3 is 2.79 bits per heavy atom. The number of nitrogens with one attached hydrogen (secondary N) is 1. The SMILES string of the molecule is CCCc1nc(C)cc(N2CCC(NC[C@@H]3COCCO3)CC2)n1. The molecular weight excluding hydrogens is 304 g/mol. The smallest absolute Gasteiger partial charge is 0.132 e. The van der Waals surface area contributed by atoms with Crippen LogP contribution >= 0.6 is 0 Å². The topological polar surface area (TPSA) is 59.5 Å². The lowest BCUT2D eigenvalue weighted by Gasteiger charge is -2.34. The maximum Gasteiger partial charge on any atom is 0.132 e. The Labute approximate surface area is 145 Å². The molecule has 2 saturated heterocycles. The molecule has 6 nitrogen and oxygen atoms in total. The van der Waals surface area contributed by atoms with E-state index in [4.69, 9.17) is 14.5 Å². The van der Waals surface area contributed by atoms with Crippen molar-refractivity contribution in [2.45, 2.75) is 51.7 Å². The Balaban J connectivity index is 1.47. The summed E-state index contributed by atoms with van der Waals surface area (Å²) < 4.78 is 11.1. The molecule has 0 saturated carbocycles. The summed E-state index contributed by atoms with van der Waals surface area (Å²) in [4.78, 5) is 11.7. The Morgan fingerprint density at radius 2 is 2.08 bits per heavy atom. The van der Waals surface area contributed by atoms with E-state index in [0.29, 0.717) is 12.6 Å². The van der Waals surface area contributed by atoms with Crippen LogP contribution in [0.4, 0.5) is 5.82 Å². The first-order valence-electron chi connectivity index (χ1n) is 9.27. The van der Waals surface area contributed by atoms with Crippen LogP contribution in [0.25, 0.3) is 0 Å². The second-order valence-electron chi connectivity index (χ2n) is 6.77. The average Bonchev–Trinajstić information content (AvgIpc) is 2.61. The zero-order valence-corrected chi connectivity index (χ0v) is 15.0. The standard InChI is InChI=1S/C18H30N4O2/c1-3-4-17-20-14(2)11-18(21-17)22-7-5-15(6-8-22)19-12-16-13-23-9-10-24-16/h11,15-16,19H,3-10,12-13H2,1-2H3/t16-/m1/s1. The van der Waals surface area contributed by atoms with Crippen molar-refractivity contribution >= 4 is 5.82 Å². The number of anilines is 1. The van der Waals surface area contributed by atoms with Crippen LogP contribution in [0, 0.1) is 6.92 Å². The fourth-order valence-corrected chi connectivity index (χ4v) is 3.37. The van der Waals surface area contributed by atoms with Gasteiger partial charge in [-0.05, 0) is 26.2 Å². The van der Waals surface area contributed by atoms with Gasteiger partial charge in [0.1, 0.15) is 11.6 Å². The minimum Gasteiger partial charge on any atom is -0.376 e. The van der Waals surface area contributed by atoms with Crippen molar-refractivity contribution in [3.05, 3.63) is 17.6 Å². The van der Waals surface area contributed by atoms with Crippen molar-refractivity contribution in [2.75, 3.05) is 44.4 Å². The van der Waals surface area contributed by atoms with Crippen LogP contribution in [-0.2, 0) is 15.9 Å². The van der Waals surface area contributed by atoms with Crippen LogP contribution < -0.4 is 10.2 Å². The van der Waals surface area contributed by atoms with Crippen LogP contribution in [0.2, 0.25) is 0 Å². The van der Waals surface area contributed by atoms with E-state index >= 15 is 0 Å². The zero-order valence-electron chi connectivity index (χ0n) is 15.0. The third kappa shape index (κ3) is 4.88. The molecule has 3 heterocycles. The second-order valence-corrected chi connectivity index (χ2v) is 6.77. The van der Waals surface area contributed by atoms with Crippen molar-refractivity contribution in [1.29, 1.82) is 0 Å². The van der Waals surface area contributed by atoms with E-state index < -0.39 is 0 Å². The van der Waals surface area contributed by atoms with Gasteiger partial charge in [-0.3, -0.25) is 0 Å². The first kappa shape index (κ1) is 17.6. The molecule has 0 aliphatic carbocycles. The molecule has 0 spiro atoms. The third-order valence-corrected chi connectivity index (χ3v) is 4.70. The van der Waals surface area contributed by atoms with Gasteiger partial charge < -0.3 is 19.7 Å². The molecular formula is C18H30N4O2. The third-order valence-electron chi connectivity index (χ3n) is 4.70. The lowest BCUT2D eigenvalue weighted by atomic mass is 10.0. The normalized spacial score (nSPS) is 22.8. The zero-order chi connectivity index (χ0) is 16.8. The molecule has 1 N–H and O–H groups in total. The molecule has 2 fully saturated rings. The highest BCUT2D eigenvalue weighted by molar-refractivity contribution is 5.40. The molecule has 0 bridgehead atoms. The van der Waals surface area contributed by atoms with E-state index in [2.05, 4.69) is 35.1 Å². The Kier molecular flexibility index (Phi) is 6.40. The van der Waals surface area contributed by atoms with Crippen molar-refractivity contribution in [3.63, 3.8) is 0 Å². The van der Waals surface area contributed by atoms with Gasteiger partial charge in [0.05, 0.1) is 25.9 Å². The molecule has 3 rings (SSSR count). The number of piperidine rings is 1. The molecule has 6 heteroatoms. The molecule has 0 unspecified atom stereocenters.